The second kappa shape index (κ2) is 11.3. The first-order chi connectivity index (χ1) is 17.8. The first-order valence-corrected chi connectivity index (χ1v) is 12.6. The van der Waals surface area contributed by atoms with Crippen molar-refractivity contribution in [2.75, 3.05) is 0 Å². The zero-order valence-corrected chi connectivity index (χ0v) is 21.6. The summed E-state index contributed by atoms with van der Waals surface area (Å²) in [7, 11) is 0. The average Bonchev–Trinajstić information content (AvgIpc) is 3.19. The lowest BCUT2D eigenvalue weighted by Gasteiger charge is -2.21. The molecule has 0 aliphatic carbocycles. The second-order valence-electron chi connectivity index (χ2n) is 9.58. The highest BCUT2D eigenvalue weighted by Crippen LogP contribution is 2.21. The largest absolute Gasteiger partial charge is 0.478 e. The minimum Gasteiger partial charge on any atom is -0.478 e. The molecule has 0 fully saturated rings. The molecule has 0 saturated heterocycles. The van der Waals surface area contributed by atoms with E-state index in [1.54, 1.807) is 21.4 Å². The molecule has 0 radical (unpaired) electrons. The number of nitrogens with zero attached hydrogens (tertiary/aromatic N) is 3. The van der Waals surface area contributed by atoms with E-state index in [0.29, 0.717) is 25.3 Å². The molecule has 7 heteroatoms. The number of aliphatic carboxylic acids is 1. The van der Waals surface area contributed by atoms with Crippen molar-refractivity contribution in [1.29, 1.82) is 0 Å². The third-order valence-electron chi connectivity index (χ3n) is 6.39. The van der Waals surface area contributed by atoms with Crippen LogP contribution in [-0.4, -0.2) is 31.0 Å². The third kappa shape index (κ3) is 6.36. The van der Waals surface area contributed by atoms with E-state index in [4.69, 9.17) is 4.74 Å². The monoisotopic (exact) mass is 499 g/mol. The van der Waals surface area contributed by atoms with E-state index in [0.717, 1.165) is 40.9 Å². The van der Waals surface area contributed by atoms with E-state index in [2.05, 4.69) is 29.4 Å². The molecule has 1 N–H and O–H groups in total. The highest BCUT2D eigenvalue weighted by atomic mass is 16.5. The molecule has 7 nitrogen and oxygen atoms in total. The van der Waals surface area contributed by atoms with Gasteiger partial charge in [0.1, 0.15) is 11.6 Å². The number of hydrogen-bond donors (Lipinski definition) is 1. The quantitative estimate of drug-likeness (QED) is 0.307. The Bertz CT molecular complexity index is 1390. The number of ether oxygens (including phenoxy) is 1. The van der Waals surface area contributed by atoms with Crippen LogP contribution >= 0.6 is 0 Å². The molecule has 0 atom stereocenters. The lowest BCUT2D eigenvalue weighted by Crippen LogP contribution is -2.37. The van der Waals surface area contributed by atoms with Gasteiger partial charge >= 0.3 is 11.7 Å². The lowest BCUT2D eigenvalue weighted by molar-refractivity contribution is -0.152. The number of rotatable bonds is 11. The fourth-order valence-electron chi connectivity index (χ4n) is 4.21. The van der Waals surface area contributed by atoms with E-state index in [-0.39, 0.29) is 5.69 Å². The number of aryl methyl sites for hydroxylation is 2. The number of benzene rings is 3. The van der Waals surface area contributed by atoms with Gasteiger partial charge in [-0.3, -0.25) is 4.57 Å². The van der Waals surface area contributed by atoms with Gasteiger partial charge in [0.25, 0.3) is 0 Å². The van der Waals surface area contributed by atoms with Crippen LogP contribution in [0.4, 0.5) is 0 Å². The molecule has 1 aromatic heterocycles. The molecule has 1 heterocycles. The van der Waals surface area contributed by atoms with Crippen molar-refractivity contribution < 1.29 is 14.6 Å². The molecule has 4 aromatic rings. The predicted molar refractivity (Wildman–Crippen MR) is 144 cm³/mol. The molecule has 3 aromatic carbocycles. The summed E-state index contributed by atoms with van der Waals surface area (Å²) in [5.41, 5.74) is 3.07. The molecular weight excluding hydrogens is 466 g/mol. The zero-order chi connectivity index (χ0) is 26.4. The summed E-state index contributed by atoms with van der Waals surface area (Å²) in [6.45, 7) is 6.02. The van der Waals surface area contributed by atoms with Crippen LogP contribution in [0.1, 0.15) is 44.1 Å². The molecule has 0 unspecified atom stereocenters. The molecule has 0 bridgehead atoms. The fraction of sp³-hybridized carbons (Fsp3) is 0.300. The summed E-state index contributed by atoms with van der Waals surface area (Å²) in [6, 6.07) is 25.9. The van der Waals surface area contributed by atoms with Gasteiger partial charge in [-0.15, -0.1) is 0 Å². The van der Waals surface area contributed by atoms with Gasteiger partial charge in [-0.1, -0.05) is 66.7 Å². The number of carboxylic acids is 1. The Balaban J connectivity index is 1.37. The molecule has 0 amide bonds. The summed E-state index contributed by atoms with van der Waals surface area (Å²) < 4.78 is 8.85. The van der Waals surface area contributed by atoms with Crippen LogP contribution in [0.3, 0.4) is 0 Å². The summed E-state index contributed by atoms with van der Waals surface area (Å²) in [5.74, 6) is 0.297. The third-order valence-corrected chi connectivity index (χ3v) is 6.39. The van der Waals surface area contributed by atoms with Crippen molar-refractivity contribution in [1.82, 2.24) is 14.3 Å². The van der Waals surface area contributed by atoms with Crippen LogP contribution in [0.5, 0.6) is 5.75 Å². The summed E-state index contributed by atoms with van der Waals surface area (Å²) in [4.78, 5) is 24.2. The van der Waals surface area contributed by atoms with Gasteiger partial charge in [-0.05, 0) is 68.0 Å². The van der Waals surface area contributed by atoms with Gasteiger partial charge < -0.3 is 9.84 Å². The molecule has 0 saturated carbocycles. The normalized spacial score (nSPS) is 11.4. The maximum Gasteiger partial charge on any atom is 0.347 e. The Morgan fingerprint density at radius 2 is 1.51 bits per heavy atom. The Hall–Kier alpha value is -4.13. The summed E-state index contributed by atoms with van der Waals surface area (Å²) in [5, 5.41) is 13.9. The highest BCUT2D eigenvalue weighted by Gasteiger charge is 2.29. The minimum atomic E-state index is -1.28. The standard InChI is InChI=1S/C30H33N3O4/c1-4-32-27(12-8-9-22-15-19-26(20-16-22)37-30(2,3)28(34)35)31-33(29(32)36)21-23-13-17-25(18-14-23)24-10-6-5-7-11-24/h5-7,10-11,13-20H,4,8-9,12,21H2,1-3H3,(H,34,35). The van der Waals surface area contributed by atoms with Crippen LogP contribution in [0.2, 0.25) is 0 Å². The topological polar surface area (TPSA) is 86.3 Å². The van der Waals surface area contributed by atoms with Crippen molar-refractivity contribution in [3.05, 3.63) is 106 Å². The number of carboxylic acid groups (broad SMARTS) is 1. The SMILES string of the molecule is CCn1c(CCCc2ccc(OC(C)(C)C(=O)O)cc2)nn(Cc2ccc(-c3ccccc3)cc2)c1=O. The molecule has 0 aliphatic rings. The first-order valence-electron chi connectivity index (χ1n) is 12.6. The first kappa shape index (κ1) is 25.9. The zero-order valence-electron chi connectivity index (χ0n) is 21.6. The van der Waals surface area contributed by atoms with E-state index >= 15 is 0 Å². The van der Waals surface area contributed by atoms with Crippen LogP contribution < -0.4 is 10.4 Å². The van der Waals surface area contributed by atoms with Crippen molar-refractivity contribution in [2.45, 2.75) is 58.7 Å². The summed E-state index contributed by atoms with van der Waals surface area (Å²) >= 11 is 0. The van der Waals surface area contributed by atoms with Gasteiger partial charge in [0.15, 0.2) is 5.60 Å². The average molecular weight is 500 g/mol. The van der Waals surface area contributed by atoms with E-state index in [1.807, 2.05) is 49.4 Å². The number of hydrogen-bond acceptors (Lipinski definition) is 4. The maximum atomic E-state index is 13.0. The number of carbonyl (C=O) groups is 1. The molecular formula is C30H33N3O4. The Morgan fingerprint density at radius 1 is 0.892 bits per heavy atom. The van der Waals surface area contributed by atoms with Gasteiger partial charge in [-0.25, -0.2) is 14.3 Å². The smallest absolute Gasteiger partial charge is 0.347 e. The maximum absolute atomic E-state index is 13.0. The van der Waals surface area contributed by atoms with Crippen LogP contribution in [0.15, 0.2) is 83.7 Å². The van der Waals surface area contributed by atoms with Crippen molar-refractivity contribution in [3.63, 3.8) is 0 Å². The Labute approximate surface area is 217 Å². The molecule has 0 spiro atoms. The Kier molecular flexibility index (Phi) is 7.92. The summed E-state index contributed by atoms with van der Waals surface area (Å²) in [6.07, 6.45) is 2.34. The molecule has 37 heavy (non-hydrogen) atoms. The lowest BCUT2D eigenvalue weighted by atomic mass is 10.0. The highest BCUT2D eigenvalue weighted by molar-refractivity contribution is 5.76. The number of aromatic nitrogens is 3. The van der Waals surface area contributed by atoms with Gasteiger partial charge in [-0.2, -0.15) is 5.10 Å². The molecule has 192 valence electrons. The fourth-order valence-corrected chi connectivity index (χ4v) is 4.21. The molecule has 4 rings (SSSR count). The van der Waals surface area contributed by atoms with E-state index in [9.17, 15) is 14.7 Å². The van der Waals surface area contributed by atoms with E-state index in [1.165, 1.54) is 13.8 Å². The minimum absolute atomic E-state index is 0.0906. The van der Waals surface area contributed by atoms with Crippen LogP contribution in [-0.2, 0) is 30.7 Å². The van der Waals surface area contributed by atoms with Gasteiger partial charge in [0, 0.05) is 13.0 Å². The second-order valence-corrected chi connectivity index (χ2v) is 9.58. The van der Waals surface area contributed by atoms with Crippen molar-refractivity contribution in [3.8, 4) is 16.9 Å². The predicted octanol–water partition coefficient (Wildman–Crippen LogP) is 5.20. The van der Waals surface area contributed by atoms with Gasteiger partial charge in [0.05, 0.1) is 6.54 Å². The molecule has 0 aliphatic heterocycles. The van der Waals surface area contributed by atoms with Crippen molar-refractivity contribution in [2.24, 2.45) is 0 Å². The Morgan fingerprint density at radius 3 is 2.14 bits per heavy atom. The van der Waals surface area contributed by atoms with Crippen LogP contribution in [0, 0.1) is 0 Å². The van der Waals surface area contributed by atoms with Crippen LogP contribution in [0.25, 0.3) is 11.1 Å². The van der Waals surface area contributed by atoms with E-state index < -0.39 is 11.6 Å². The van der Waals surface area contributed by atoms with Gasteiger partial charge in [0.2, 0.25) is 0 Å². The van der Waals surface area contributed by atoms with Crippen molar-refractivity contribution >= 4 is 5.97 Å².